The summed E-state index contributed by atoms with van der Waals surface area (Å²) in [6, 6.07) is 8.13. The smallest absolute Gasteiger partial charge is 0.143 e. The lowest BCUT2D eigenvalue weighted by atomic mass is 10.2. The summed E-state index contributed by atoms with van der Waals surface area (Å²) >= 11 is 1.67. The minimum absolute atomic E-state index is 0.727. The Hall–Kier alpha value is -1.85. The lowest BCUT2D eigenvalue weighted by Crippen LogP contribution is -2.19. The van der Waals surface area contributed by atoms with E-state index in [-0.39, 0.29) is 0 Å². The van der Waals surface area contributed by atoms with Crippen LogP contribution < -0.4 is 0 Å². The van der Waals surface area contributed by atoms with Crippen molar-refractivity contribution >= 4 is 22.2 Å². The van der Waals surface area contributed by atoms with E-state index < -0.39 is 0 Å². The summed E-state index contributed by atoms with van der Waals surface area (Å²) in [5.74, 6) is 0.861. The van der Waals surface area contributed by atoms with Gasteiger partial charge in [0.1, 0.15) is 10.8 Å². The van der Waals surface area contributed by atoms with Crippen LogP contribution >= 0.6 is 11.3 Å². The van der Waals surface area contributed by atoms with Crippen molar-refractivity contribution in [2.45, 2.75) is 20.0 Å². The minimum atomic E-state index is 0.727. The molecule has 0 bridgehead atoms. The van der Waals surface area contributed by atoms with Gasteiger partial charge in [0.25, 0.3) is 0 Å². The lowest BCUT2D eigenvalue weighted by Gasteiger charge is -2.14. The number of thiazole rings is 1. The molecule has 0 atom stereocenters. The molecule has 0 radical (unpaired) electrons. The molecule has 1 aromatic carbocycles. The molecule has 0 aliphatic rings. The van der Waals surface area contributed by atoms with E-state index in [0.29, 0.717) is 0 Å². The molecular weight excluding hydrogens is 268 g/mol. The first-order valence-corrected chi connectivity index (χ1v) is 7.39. The van der Waals surface area contributed by atoms with E-state index in [4.69, 9.17) is 0 Å². The summed E-state index contributed by atoms with van der Waals surface area (Å²) in [4.78, 5) is 15.7. The van der Waals surface area contributed by atoms with Crippen LogP contribution in [-0.4, -0.2) is 26.9 Å². The number of para-hydroxylation sites is 1. The van der Waals surface area contributed by atoms with Crippen molar-refractivity contribution < 1.29 is 0 Å². The molecule has 0 unspecified atom stereocenters. The van der Waals surface area contributed by atoms with Crippen LogP contribution in [0.2, 0.25) is 0 Å². The number of aryl methyl sites for hydroxylation is 1. The van der Waals surface area contributed by atoms with E-state index in [2.05, 4.69) is 33.0 Å². The van der Waals surface area contributed by atoms with Crippen LogP contribution in [0.15, 0.2) is 35.8 Å². The van der Waals surface area contributed by atoms with Crippen LogP contribution in [0.3, 0.4) is 0 Å². The van der Waals surface area contributed by atoms with Crippen LogP contribution in [0.5, 0.6) is 0 Å². The van der Waals surface area contributed by atoms with Crippen molar-refractivity contribution in [1.29, 1.82) is 0 Å². The molecule has 0 spiro atoms. The first-order valence-electron chi connectivity index (χ1n) is 6.51. The Morgan fingerprint density at radius 2 is 2.00 bits per heavy atom. The quantitative estimate of drug-likeness (QED) is 0.738. The summed E-state index contributed by atoms with van der Waals surface area (Å²) in [5, 5.41) is 4.24. The fourth-order valence-electron chi connectivity index (χ4n) is 2.22. The molecule has 0 aliphatic heterocycles. The normalized spacial score (nSPS) is 11.3. The highest BCUT2D eigenvalue weighted by Gasteiger charge is 2.08. The largest absolute Gasteiger partial charge is 0.292 e. The summed E-state index contributed by atoms with van der Waals surface area (Å²) in [7, 11) is 2.06. The van der Waals surface area contributed by atoms with Crippen LogP contribution in [0.4, 0.5) is 0 Å². The van der Waals surface area contributed by atoms with Crippen molar-refractivity contribution in [2.75, 3.05) is 7.05 Å². The second-order valence-electron chi connectivity index (χ2n) is 4.84. The Morgan fingerprint density at radius 1 is 1.15 bits per heavy atom. The van der Waals surface area contributed by atoms with Crippen LogP contribution in [0, 0.1) is 6.92 Å². The molecule has 0 saturated carbocycles. The number of fused-ring (bicyclic) bond motifs is 1. The number of hydrogen-bond donors (Lipinski definition) is 0. The molecule has 20 heavy (non-hydrogen) atoms. The van der Waals surface area contributed by atoms with E-state index in [9.17, 15) is 0 Å². The van der Waals surface area contributed by atoms with Crippen molar-refractivity contribution in [2.24, 2.45) is 0 Å². The summed E-state index contributed by atoms with van der Waals surface area (Å²) < 4.78 is 0. The summed E-state index contributed by atoms with van der Waals surface area (Å²) in [6.45, 7) is 3.59. The number of aromatic nitrogens is 3. The lowest BCUT2D eigenvalue weighted by molar-refractivity contribution is 0.310. The van der Waals surface area contributed by atoms with Crippen molar-refractivity contribution in [3.63, 3.8) is 0 Å². The summed E-state index contributed by atoms with van der Waals surface area (Å²) in [6.07, 6.45) is 1.84. The third kappa shape index (κ3) is 2.84. The average Bonchev–Trinajstić information content (AvgIpc) is 2.91. The topological polar surface area (TPSA) is 41.9 Å². The molecule has 3 rings (SSSR count). The van der Waals surface area contributed by atoms with Gasteiger partial charge in [-0.2, -0.15) is 0 Å². The average molecular weight is 284 g/mol. The maximum atomic E-state index is 4.64. The van der Waals surface area contributed by atoms with Gasteiger partial charge in [-0.25, -0.2) is 15.0 Å². The van der Waals surface area contributed by atoms with Gasteiger partial charge >= 0.3 is 0 Å². The molecule has 0 saturated heterocycles. The van der Waals surface area contributed by atoms with Gasteiger partial charge in [0.15, 0.2) is 0 Å². The molecule has 4 nitrogen and oxygen atoms in total. The molecule has 5 heteroatoms. The molecule has 0 fully saturated rings. The Morgan fingerprint density at radius 3 is 2.80 bits per heavy atom. The number of nitrogens with zero attached hydrogens (tertiary/aromatic N) is 4. The Kier molecular flexibility index (Phi) is 3.71. The molecule has 0 amide bonds. The third-order valence-electron chi connectivity index (χ3n) is 3.14. The van der Waals surface area contributed by atoms with Gasteiger partial charge in [-0.15, -0.1) is 11.3 Å². The van der Waals surface area contributed by atoms with Gasteiger partial charge in [0.2, 0.25) is 0 Å². The zero-order valence-corrected chi connectivity index (χ0v) is 12.4. The molecular formula is C15H16N4S. The van der Waals surface area contributed by atoms with Gasteiger partial charge in [-0.3, -0.25) is 4.90 Å². The van der Waals surface area contributed by atoms with E-state index in [1.54, 1.807) is 11.3 Å². The van der Waals surface area contributed by atoms with Gasteiger partial charge in [-0.1, -0.05) is 18.2 Å². The van der Waals surface area contributed by atoms with Gasteiger partial charge in [-0.05, 0) is 20.0 Å². The molecule has 2 heterocycles. The Bertz CT molecular complexity index is 709. The molecule has 0 N–H and O–H groups in total. The maximum absolute atomic E-state index is 4.64. The predicted molar refractivity (Wildman–Crippen MR) is 81.6 cm³/mol. The van der Waals surface area contributed by atoms with Crippen molar-refractivity contribution in [3.05, 3.63) is 52.4 Å². The number of hydrogen-bond acceptors (Lipinski definition) is 5. The first-order chi connectivity index (χ1) is 9.72. The van der Waals surface area contributed by atoms with E-state index >= 15 is 0 Å². The molecule has 0 aliphatic carbocycles. The molecule has 2 aromatic heterocycles. The fraction of sp³-hybridized carbons (Fsp3) is 0.267. The summed E-state index contributed by atoms with van der Waals surface area (Å²) in [5.41, 5.74) is 2.05. The number of benzene rings is 1. The van der Waals surface area contributed by atoms with E-state index in [0.717, 1.165) is 40.5 Å². The Balaban J connectivity index is 1.80. The second-order valence-corrected chi connectivity index (χ2v) is 5.82. The fourth-order valence-corrected chi connectivity index (χ4v) is 2.92. The third-order valence-corrected chi connectivity index (χ3v) is 3.90. The van der Waals surface area contributed by atoms with Crippen LogP contribution in [0.25, 0.3) is 10.9 Å². The SMILES string of the molecule is Cc1nc(CN(C)Cc2nccs2)nc2ccccc12. The number of rotatable bonds is 4. The van der Waals surface area contributed by atoms with Crippen molar-refractivity contribution in [1.82, 2.24) is 19.9 Å². The minimum Gasteiger partial charge on any atom is -0.292 e. The van der Waals surface area contributed by atoms with Gasteiger partial charge < -0.3 is 0 Å². The molecule has 3 aromatic rings. The van der Waals surface area contributed by atoms with Crippen LogP contribution in [0.1, 0.15) is 16.5 Å². The van der Waals surface area contributed by atoms with Gasteiger partial charge in [0.05, 0.1) is 18.6 Å². The zero-order chi connectivity index (χ0) is 13.9. The van der Waals surface area contributed by atoms with Crippen LogP contribution in [-0.2, 0) is 13.1 Å². The highest BCUT2D eigenvalue weighted by Crippen LogP contribution is 2.15. The van der Waals surface area contributed by atoms with Gasteiger partial charge in [0, 0.05) is 22.7 Å². The highest BCUT2D eigenvalue weighted by molar-refractivity contribution is 7.09. The van der Waals surface area contributed by atoms with E-state index in [1.807, 2.05) is 36.7 Å². The monoisotopic (exact) mass is 284 g/mol. The maximum Gasteiger partial charge on any atom is 0.143 e. The van der Waals surface area contributed by atoms with E-state index in [1.165, 1.54) is 0 Å². The molecule has 102 valence electrons. The predicted octanol–water partition coefficient (Wildman–Crippen LogP) is 3.03. The van der Waals surface area contributed by atoms with Crippen molar-refractivity contribution in [3.8, 4) is 0 Å². The standard InChI is InChI=1S/C15H16N4S/c1-11-12-5-3-4-6-13(12)18-14(17-11)9-19(2)10-15-16-7-8-20-15/h3-8H,9-10H2,1-2H3. The highest BCUT2D eigenvalue weighted by atomic mass is 32.1. The Labute approximate surface area is 122 Å². The second kappa shape index (κ2) is 5.64. The first kappa shape index (κ1) is 13.1. The zero-order valence-electron chi connectivity index (χ0n) is 11.6.